The van der Waals surface area contributed by atoms with Crippen LogP contribution in [0.2, 0.25) is 0 Å². The highest BCUT2D eigenvalue weighted by molar-refractivity contribution is 5.91. The second kappa shape index (κ2) is 16.1. The summed E-state index contributed by atoms with van der Waals surface area (Å²) in [6.07, 6.45) is 4.38. The zero-order chi connectivity index (χ0) is 23.7. The number of hydrogen-bond donors (Lipinski definition) is 2. The normalized spacial score (nSPS) is 10.8. The third-order valence-corrected chi connectivity index (χ3v) is 5.06. The number of aliphatic hydroxyl groups is 1. The van der Waals surface area contributed by atoms with Crippen LogP contribution in [0.1, 0.15) is 29.5 Å². The molecule has 0 aliphatic carbocycles. The van der Waals surface area contributed by atoms with Gasteiger partial charge in [0.15, 0.2) is 5.78 Å². The number of carbonyl (C=O) groups is 2. The molecule has 0 spiro atoms. The van der Waals surface area contributed by atoms with Crippen LogP contribution in [0, 0.1) is 0 Å². The summed E-state index contributed by atoms with van der Waals surface area (Å²) in [6.45, 7) is 1.44. The van der Waals surface area contributed by atoms with E-state index < -0.39 is 6.61 Å². The van der Waals surface area contributed by atoms with Gasteiger partial charge in [-0.3, -0.25) is 9.59 Å². The number of rotatable bonds is 17. The van der Waals surface area contributed by atoms with Crippen LogP contribution < -0.4 is 5.32 Å². The van der Waals surface area contributed by atoms with Gasteiger partial charge in [-0.25, -0.2) is 0 Å². The minimum absolute atomic E-state index is 0.00584. The molecule has 7 nitrogen and oxygen atoms in total. The summed E-state index contributed by atoms with van der Waals surface area (Å²) in [5.41, 5.74) is 4.17. The Morgan fingerprint density at radius 2 is 1.33 bits per heavy atom. The first-order valence-electron chi connectivity index (χ1n) is 11.3. The fraction of sp³-hybridized carbons (Fsp3) is 0.462. The number of ketones is 1. The molecule has 2 N–H and O–H groups in total. The molecule has 0 aromatic heterocycles. The Kier molecular flexibility index (Phi) is 13.0. The largest absolute Gasteiger partial charge is 0.389 e. The van der Waals surface area contributed by atoms with Gasteiger partial charge in [-0.05, 0) is 54.5 Å². The van der Waals surface area contributed by atoms with Crippen molar-refractivity contribution in [1.29, 1.82) is 0 Å². The van der Waals surface area contributed by atoms with E-state index in [0.29, 0.717) is 26.4 Å². The number of aryl methyl sites for hydroxylation is 2. The Labute approximate surface area is 196 Å². The van der Waals surface area contributed by atoms with Gasteiger partial charge in [0.1, 0.15) is 13.2 Å². The lowest BCUT2D eigenvalue weighted by Crippen LogP contribution is -2.20. The van der Waals surface area contributed by atoms with E-state index in [9.17, 15) is 9.59 Å². The lowest BCUT2D eigenvalue weighted by Gasteiger charge is -2.08. The Morgan fingerprint density at radius 1 is 0.788 bits per heavy atom. The van der Waals surface area contributed by atoms with E-state index in [1.165, 1.54) is 11.1 Å². The van der Waals surface area contributed by atoms with Crippen LogP contribution in [0.4, 0.5) is 5.69 Å². The number of Topliss-reactive ketones (excluding diaryl/α,β-unsaturated/α-hetero) is 1. The van der Waals surface area contributed by atoms with Crippen molar-refractivity contribution in [3.63, 3.8) is 0 Å². The van der Waals surface area contributed by atoms with Crippen molar-refractivity contribution < 1.29 is 28.9 Å². The van der Waals surface area contributed by atoms with Gasteiger partial charge in [0.05, 0.1) is 26.4 Å². The topological polar surface area (TPSA) is 94.1 Å². The summed E-state index contributed by atoms with van der Waals surface area (Å²) in [4.78, 5) is 23.2. The van der Waals surface area contributed by atoms with E-state index >= 15 is 0 Å². The van der Waals surface area contributed by atoms with Crippen molar-refractivity contribution in [1.82, 2.24) is 0 Å². The van der Waals surface area contributed by atoms with Gasteiger partial charge in [0.25, 0.3) is 0 Å². The molecule has 0 aliphatic rings. The van der Waals surface area contributed by atoms with Crippen LogP contribution in [0.5, 0.6) is 0 Å². The van der Waals surface area contributed by atoms with E-state index in [1.54, 1.807) is 7.11 Å². The maximum absolute atomic E-state index is 11.9. The van der Waals surface area contributed by atoms with Gasteiger partial charge in [0.2, 0.25) is 5.91 Å². The molecular weight excluding hydrogens is 422 g/mol. The molecule has 0 bridgehead atoms. The lowest BCUT2D eigenvalue weighted by atomic mass is 10.0. The maximum atomic E-state index is 11.9. The molecule has 1 amide bonds. The van der Waals surface area contributed by atoms with E-state index in [2.05, 4.69) is 17.4 Å². The minimum atomic E-state index is -0.407. The number of ether oxygens (including phenoxy) is 3. The monoisotopic (exact) mass is 457 g/mol. The van der Waals surface area contributed by atoms with E-state index in [4.69, 9.17) is 19.3 Å². The van der Waals surface area contributed by atoms with Gasteiger partial charge in [-0.1, -0.05) is 36.4 Å². The fourth-order valence-corrected chi connectivity index (χ4v) is 3.24. The summed E-state index contributed by atoms with van der Waals surface area (Å²) in [5, 5.41) is 11.7. The molecule has 33 heavy (non-hydrogen) atoms. The van der Waals surface area contributed by atoms with Crippen molar-refractivity contribution in [3.8, 4) is 0 Å². The van der Waals surface area contributed by atoms with Crippen molar-refractivity contribution in [2.75, 3.05) is 52.1 Å². The summed E-state index contributed by atoms with van der Waals surface area (Å²) in [7, 11) is 1.62. The first-order valence-corrected chi connectivity index (χ1v) is 11.3. The summed E-state index contributed by atoms with van der Waals surface area (Å²) in [6, 6.07) is 15.9. The highest BCUT2D eigenvalue weighted by Crippen LogP contribution is 2.14. The number of anilines is 1. The Morgan fingerprint density at radius 3 is 1.94 bits per heavy atom. The van der Waals surface area contributed by atoms with Crippen LogP contribution >= 0.6 is 0 Å². The van der Waals surface area contributed by atoms with Gasteiger partial charge in [-0.15, -0.1) is 0 Å². The predicted molar refractivity (Wildman–Crippen MR) is 127 cm³/mol. The number of methoxy groups -OCH3 is 1. The number of nitrogens with one attached hydrogen (secondary N) is 1. The zero-order valence-electron chi connectivity index (χ0n) is 19.4. The number of hydrogen-bond acceptors (Lipinski definition) is 6. The summed E-state index contributed by atoms with van der Waals surface area (Å²) >= 11 is 0. The molecular formula is C26H35NO6. The number of amides is 1. The highest BCUT2D eigenvalue weighted by atomic mass is 16.5. The van der Waals surface area contributed by atoms with Crippen LogP contribution in [-0.4, -0.2) is 63.5 Å². The van der Waals surface area contributed by atoms with Crippen LogP contribution in [-0.2, 0) is 43.1 Å². The number of aliphatic hydroxyl groups excluding tert-OH is 1. The Hall–Kier alpha value is -2.58. The van der Waals surface area contributed by atoms with Gasteiger partial charge in [0, 0.05) is 19.2 Å². The molecule has 0 aliphatic heterocycles. The van der Waals surface area contributed by atoms with E-state index in [1.807, 2.05) is 36.4 Å². The molecule has 0 unspecified atom stereocenters. The molecule has 7 heteroatoms. The summed E-state index contributed by atoms with van der Waals surface area (Å²) in [5.74, 6) is -0.354. The summed E-state index contributed by atoms with van der Waals surface area (Å²) < 4.78 is 15.5. The Balaban J connectivity index is 1.59. The third kappa shape index (κ3) is 11.7. The number of benzene rings is 2. The molecule has 0 fully saturated rings. The average molecular weight is 458 g/mol. The molecule has 180 valence electrons. The van der Waals surface area contributed by atoms with Crippen molar-refractivity contribution in [3.05, 3.63) is 65.2 Å². The van der Waals surface area contributed by atoms with Gasteiger partial charge < -0.3 is 24.6 Å². The molecule has 2 aromatic carbocycles. The molecule has 0 atom stereocenters. The standard InChI is InChI=1S/C26H35NO6/c1-31-14-15-32-16-17-33-20-26(30)27-24-12-10-22(11-13-24)5-3-2-4-21-6-8-23(9-7-21)18-25(29)19-28/h6-13,28H,2-5,14-20H2,1H3,(H,27,30). The van der Waals surface area contributed by atoms with E-state index in [0.717, 1.165) is 36.9 Å². The first-order chi connectivity index (χ1) is 16.1. The Bertz CT molecular complexity index is 820. The molecule has 0 saturated carbocycles. The first kappa shape index (κ1) is 26.7. The third-order valence-electron chi connectivity index (χ3n) is 5.06. The molecule has 0 saturated heterocycles. The van der Waals surface area contributed by atoms with Crippen molar-refractivity contribution >= 4 is 17.4 Å². The molecule has 2 aromatic rings. The van der Waals surface area contributed by atoms with Gasteiger partial charge in [-0.2, -0.15) is 0 Å². The van der Waals surface area contributed by atoms with Crippen LogP contribution in [0.3, 0.4) is 0 Å². The quantitative estimate of drug-likeness (QED) is 0.355. The molecule has 0 radical (unpaired) electrons. The second-order valence-electron chi connectivity index (χ2n) is 7.80. The molecule has 2 rings (SSSR count). The smallest absolute Gasteiger partial charge is 0.250 e. The van der Waals surface area contributed by atoms with Crippen molar-refractivity contribution in [2.24, 2.45) is 0 Å². The van der Waals surface area contributed by atoms with Crippen LogP contribution in [0.15, 0.2) is 48.5 Å². The number of unbranched alkanes of at least 4 members (excludes halogenated alkanes) is 1. The van der Waals surface area contributed by atoms with Crippen LogP contribution in [0.25, 0.3) is 0 Å². The average Bonchev–Trinajstić information content (AvgIpc) is 2.83. The highest BCUT2D eigenvalue weighted by Gasteiger charge is 2.04. The van der Waals surface area contributed by atoms with Gasteiger partial charge >= 0.3 is 0 Å². The molecule has 0 heterocycles. The van der Waals surface area contributed by atoms with Crippen molar-refractivity contribution in [2.45, 2.75) is 32.1 Å². The van der Waals surface area contributed by atoms with E-state index in [-0.39, 0.29) is 24.7 Å². The minimum Gasteiger partial charge on any atom is -0.389 e. The maximum Gasteiger partial charge on any atom is 0.250 e. The number of carbonyl (C=O) groups excluding carboxylic acids is 2. The second-order valence-corrected chi connectivity index (χ2v) is 7.80. The SMILES string of the molecule is COCCOCCOCC(=O)Nc1ccc(CCCCc2ccc(CC(=O)CO)cc2)cc1. The predicted octanol–water partition coefficient (Wildman–Crippen LogP) is 2.97. The fourth-order valence-electron chi connectivity index (χ4n) is 3.24. The zero-order valence-corrected chi connectivity index (χ0v) is 19.4. The lowest BCUT2D eigenvalue weighted by molar-refractivity contribution is -0.121.